The summed E-state index contributed by atoms with van der Waals surface area (Å²) >= 11 is 0. The molecule has 0 spiro atoms. The molecule has 0 aliphatic heterocycles. The molecule has 0 atom stereocenters. The third kappa shape index (κ3) is 6.53. The summed E-state index contributed by atoms with van der Waals surface area (Å²) in [6.45, 7) is 1.05. The third-order valence-corrected chi connectivity index (χ3v) is 6.39. The van der Waals surface area contributed by atoms with Crippen molar-refractivity contribution in [1.29, 1.82) is 0 Å². The summed E-state index contributed by atoms with van der Waals surface area (Å²) in [7, 11) is 0.290. The fourth-order valence-electron chi connectivity index (χ4n) is 3.41. The molecule has 0 saturated carbocycles. The van der Waals surface area contributed by atoms with Crippen LogP contribution in [0, 0.1) is 12.3 Å². The highest BCUT2D eigenvalue weighted by atomic mass is 32.2. The molecule has 0 unspecified atom stereocenters. The van der Waals surface area contributed by atoms with Crippen molar-refractivity contribution in [3.63, 3.8) is 0 Å². The lowest BCUT2D eigenvalue weighted by Crippen LogP contribution is -2.26. The highest BCUT2D eigenvalue weighted by Crippen LogP contribution is 2.24. The van der Waals surface area contributed by atoms with Gasteiger partial charge in [0.15, 0.2) is 0 Å². The van der Waals surface area contributed by atoms with Crippen molar-refractivity contribution < 1.29 is 13.2 Å². The molecule has 0 radical (unpaired) electrons. The average molecular weight is 462 g/mol. The summed E-state index contributed by atoms with van der Waals surface area (Å²) in [4.78, 5) is 14.8. The van der Waals surface area contributed by atoms with Gasteiger partial charge < -0.3 is 10.2 Å². The maximum absolute atomic E-state index is 12.7. The highest BCUT2D eigenvalue weighted by Gasteiger charge is 2.16. The summed E-state index contributed by atoms with van der Waals surface area (Å²) in [6, 6.07) is 22.1. The Balaban J connectivity index is 1.74. The standard InChI is InChI=1S/C26H27N3O3S/c1-4-16-28-33(31,32)24-10-7-9-22(17-24)26(30)27-18-23-8-5-6-11-25(23)21-14-12-20(13-15-21)19-29(2)3/h1,5-15,17,28H,16,18-19H2,2-3H3,(H,27,30). The average Bonchev–Trinajstić information content (AvgIpc) is 2.82. The number of carbonyl (C=O) groups is 1. The minimum atomic E-state index is -3.78. The van der Waals surface area contributed by atoms with Gasteiger partial charge in [-0.05, 0) is 54.5 Å². The topological polar surface area (TPSA) is 78.5 Å². The van der Waals surface area contributed by atoms with Crippen molar-refractivity contribution >= 4 is 15.9 Å². The molecule has 0 bridgehead atoms. The van der Waals surface area contributed by atoms with E-state index in [-0.39, 0.29) is 22.9 Å². The van der Waals surface area contributed by atoms with Crippen molar-refractivity contribution in [1.82, 2.24) is 14.9 Å². The van der Waals surface area contributed by atoms with Crippen molar-refractivity contribution in [2.45, 2.75) is 18.0 Å². The molecular weight excluding hydrogens is 434 g/mol. The van der Waals surface area contributed by atoms with Crippen LogP contribution >= 0.6 is 0 Å². The Labute approximate surface area is 195 Å². The van der Waals surface area contributed by atoms with Crippen molar-refractivity contribution in [2.24, 2.45) is 0 Å². The fraction of sp³-hybridized carbons (Fsp3) is 0.192. The zero-order valence-electron chi connectivity index (χ0n) is 18.7. The van der Waals surface area contributed by atoms with Crippen LogP contribution in [0.1, 0.15) is 21.5 Å². The van der Waals surface area contributed by atoms with Crippen LogP contribution in [0.2, 0.25) is 0 Å². The summed E-state index contributed by atoms with van der Waals surface area (Å²) < 4.78 is 26.9. The number of benzene rings is 3. The molecule has 3 aromatic rings. The smallest absolute Gasteiger partial charge is 0.251 e. The molecule has 3 rings (SSSR count). The van der Waals surface area contributed by atoms with Crippen LogP contribution < -0.4 is 10.0 Å². The van der Waals surface area contributed by atoms with Gasteiger partial charge in [0.1, 0.15) is 0 Å². The Morgan fingerprint density at radius 3 is 2.42 bits per heavy atom. The molecule has 0 aromatic heterocycles. The number of rotatable bonds is 9. The Morgan fingerprint density at radius 2 is 1.73 bits per heavy atom. The third-order valence-electron chi connectivity index (χ3n) is 4.99. The molecule has 33 heavy (non-hydrogen) atoms. The first kappa shape index (κ1) is 24.2. The van der Waals surface area contributed by atoms with E-state index in [4.69, 9.17) is 6.42 Å². The van der Waals surface area contributed by atoms with Gasteiger partial charge in [-0.25, -0.2) is 8.42 Å². The van der Waals surface area contributed by atoms with E-state index in [0.717, 1.165) is 23.2 Å². The van der Waals surface area contributed by atoms with Crippen LogP contribution in [-0.2, 0) is 23.1 Å². The SMILES string of the molecule is C#CCNS(=O)(=O)c1cccc(C(=O)NCc2ccccc2-c2ccc(CN(C)C)cc2)c1. The van der Waals surface area contributed by atoms with E-state index in [0.29, 0.717) is 6.54 Å². The predicted molar refractivity (Wildman–Crippen MR) is 131 cm³/mol. The zero-order chi connectivity index (χ0) is 23.8. The van der Waals surface area contributed by atoms with Crippen molar-refractivity contribution in [2.75, 3.05) is 20.6 Å². The Kier molecular flexibility index (Phi) is 8.01. The summed E-state index contributed by atoms with van der Waals surface area (Å²) in [5.74, 6) is 1.87. The molecule has 2 N–H and O–H groups in total. The monoisotopic (exact) mass is 461 g/mol. The van der Waals surface area contributed by atoms with E-state index in [1.165, 1.54) is 23.8 Å². The van der Waals surface area contributed by atoms with E-state index in [1.54, 1.807) is 6.07 Å². The molecule has 170 valence electrons. The second-order valence-corrected chi connectivity index (χ2v) is 9.60. The van der Waals surface area contributed by atoms with E-state index in [2.05, 4.69) is 45.1 Å². The molecule has 0 aliphatic rings. The zero-order valence-corrected chi connectivity index (χ0v) is 19.5. The van der Waals surface area contributed by atoms with E-state index < -0.39 is 10.0 Å². The number of amides is 1. The van der Waals surface area contributed by atoms with Crippen LogP contribution in [0.3, 0.4) is 0 Å². The number of hydrogen-bond acceptors (Lipinski definition) is 4. The van der Waals surface area contributed by atoms with Gasteiger partial charge in [0.2, 0.25) is 10.0 Å². The van der Waals surface area contributed by atoms with Crippen LogP contribution in [0.25, 0.3) is 11.1 Å². The minimum absolute atomic E-state index is 0.0105. The van der Waals surface area contributed by atoms with Gasteiger partial charge in [-0.15, -0.1) is 6.42 Å². The van der Waals surface area contributed by atoms with Crippen molar-refractivity contribution in [3.05, 3.63) is 89.5 Å². The van der Waals surface area contributed by atoms with Gasteiger partial charge >= 0.3 is 0 Å². The number of carbonyl (C=O) groups excluding carboxylic acids is 1. The molecule has 7 heteroatoms. The lowest BCUT2D eigenvalue weighted by atomic mass is 9.98. The molecule has 0 aliphatic carbocycles. The minimum Gasteiger partial charge on any atom is -0.348 e. The molecular formula is C26H27N3O3S. The quantitative estimate of drug-likeness (QED) is 0.480. The normalized spacial score (nSPS) is 11.2. The maximum Gasteiger partial charge on any atom is 0.251 e. The number of nitrogens with one attached hydrogen (secondary N) is 2. The Hall–Kier alpha value is -3.44. The Bertz CT molecular complexity index is 1260. The molecule has 0 heterocycles. The largest absolute Gasteiger partial charge is 0.348 e. The predicted octanol–water partition coefficient (Wildman–Crippen LogP) is 3.26. The summed E-state index contributed by atoms with van der Waals surface area (Å²) in [5, 5.41) is 2.89. The van der Waals surface area contributed by atoms with Gasteiger partial charge in [-0.3, -0.25) is 4.79 Å². The molecule has 0 saturated heterocycles. The molecule has 0 fully saturated rings. The van der Waals surface area contributed by atoms with Crippen LogP contribution in [-0.4, -0.2) is 39.9 Å². The first-order valence-electron chi connectivity index (χ1n) is 10.4. The first-order valence-corrected chi connectivity index (χ1v) is 11.9. The number of sulfonamides is 1. The van der Waals surface area contributed by atoms with Gasteiger partial charge in [0, 0.05) is 18.7 Å². The lowest BCUT2D eigenvalue weighted by Gasteiger charge is -2.13. The second kappa shape index (κ2) is 10.9. The van der Waals surface area contributed by atoms with Crippen LogP contribution in [0.15, 0.2) is 77.7 Å². The first-order chi connectivity index (χ1) is 15.8. The van der Waals surface area contributed by atoms with Crippen LogP contribution in [0.4, 0.5) is 0 Å². The lowest BCUT2D eigenvalue weighted by molar-refractivity contribution is 0.0950. The second-order valence-electron chi connectivity index (χ2n) is 7.83. The van der Waals surface area contributed by atoms with Crippen LogP contribution in [0.5, 0.6) is 0 Å². The van der Waals surface area contributed by atoms with E-state index >= 15 is 0 Å². The van der Waals surface area contributed by atoms with Crippen molar-refractivity contribution in [3.8, 4) is 23.5 Å². The number of terminal acetylenes is 1. The summed E-state index contributed by atoms with van der Waals surface area (Å²) in [6.07, 6.45) is 5.12. The van der Waals surface area contributed by atoms with Gasteiger partial charge in [-0.1, -0.05) is 60.5 Å². The molecule has 3 aromatic carbocycles. The molecule has 1 amide bonds. The molecule has 6 nitrogen and oxygen atoms in total. The van der Waals surface area contributed by atoms with Gasteiger partial charge in [0.25, 0.3) is 5.91 Å². The van der Waals surface area contributed by atoms with Gasteiger partial charge in [0.05, 0.1) is 11.4 Å². The van der Waals surface area contributed by atoms with Gasteiger partial charge in [-0.2, -0.15) is 4.72 Å². The number of hydrogen-bond donors (Lipinski definition) is 2. The van der Waals surface area contributed by atoms with E-state index in [9.17, 15) is 13.2 Å². The highest BCUT2D eigenvalue weighted by molar-refractivity contribution is 7.89. The fourth-order valence-corrected chi connectivity index (χ4v) is 4.39. The summed E-state index contributed by atoms with van der Waals surface area (Å²) in [5.41, 5.74) is 4.54. The Morgan fingerprint density at radius 1 is 1.00 bits per heavy atom. The maximum atomic E-state index is 12.7. The van der Waals surface area contributed by atoms with E-state index in [1.807, 2.05) is 38.4 Å². The number of nitrogens with zero attached hydrogens (tertiary/aromatic N) is 1.